The Bertz CT molecular complexity index is 519. The summed E-state index contributed by atoms with van der Waals surface area (Å²) in [6.07, 6.45) is 5.66. The summed E-state index contributed by atoms with van der Waals surface area (Å²) in [6, 6.07) is 4.81. The molecule has 0 heterocycles. The number of hydrogen-bond acceptors (Lipinski definition) is 3. The van der Waals surface area contributed by atoms with Crippen molar-refractivity contribution in [2.24, 2.45) is 11.0 Å². The number of nitrogens with zero attached hydrogens (tertiary/aromatic N) is 1. The minimum Gasteiger partial charge on any atom is -0.478 e. The van der Waals surface area contributed by atoms with E-state index < -0.39 is 5.97 Å². The van der Waals surface area contributed by atoms with Gasteiger partial charge in [-0.3, -0.25) is 5.43 Å². The predicted octanol–water partition coefficient (Wildman–Crippen LogP) is 4.41. The molecule has 0 saturated heterocycles. The molecule has 2 N–H and O–H groups in total. The maximum absolute atomic E-state index is 11.0. The normalized spacial score (nSPS) is 18.7. The molecular weight excluding hydrogens is 276 g/mol. The van der Waals surface area contributed by atoms with E-state index in [0.717, 1.165) is 24.5 Å². The van der Waals surface area contributed by atoms with E-state index in [1.54, 1.807) is 12.1 Å². The highest BCUT2D eigenvalue weighted by Crippen LogP contribution is 2.25. The first-order chi connectivity index (χ1) is 9.60. The Kier molecular flexibility index (Phi) is 5.01. The molecule has 1 fully saturated rings. The maximum atomic E-state index is 11.0. The third-order valence-corrected chi connectivity index (χ3v) is 4.13. The van der Waals surface area contributed by atoms with Crippen molar-refractivity contribution in [2.75, 3.05) is 5.43 Å². The fourth-order valence-corrected chi connectivity index (χ4v) is 2.63. The quantitative estimate of drug-likeness (QED) is 0.809. The first-order valence-corrected chi connectivity index (χ1v) is 7.32. The molecule has 1 aliphatic rings. The monoisotopic (exact) mass is 294 g/mol. The lowest BCUT2D eigenvalue weighted by Gasteiger charge is -2.21. The third-order valence-electron chi connectivity index (χ3n) is 3.80. The number of carbonyl (C=O) groups is 1. The molecule has 1 aliphatic carbocycles. The maximum Gasteiger partial charge on any atom is 0.337 e. The fourth-order valence-electron chi connectivity index (χ4n) is 2.43. The van der Waals surface area contributed by atoms with E-state index in [1.165, 1.54) is 25.3 Å². The van der Waals surface area contributed by atoms with E-state index in [1.807, 2.05) is 0 Å². The number of rotatable bonds is 4. The summed E-state index contributed by atoms with van der Waals surface area (Å²) in [5.41, 5.74) is 4.83. The summed E-state index contributed by atoms with van der Waals surface area (Å²) in [4.78, 5) is 11.0. The van der Waals surface area contributed by atoms with Gasteiger partial charge in [0, 0.05) is 5.71 Å². The van der Waals surface area contributed by atoms with Crippen LogP contribution in [0.15, 0.2) is 23.3 Å². The summed E-state index contributed by atoms with van der Waals surface area (Å²) in [6.45, 7) is 2.23. The van der Waals surface area contributed by atoms with Crippen LogP contribution in [0, 0.1) is 5.92 Å². The van der Waals surface area contributed by atoms with Crippen molar-refractivity contribution in [1.82, 2.24) is 0 Å². The van der Waals surface area contributed by atoms with Crippen LogP contribution in [0.25, 0.3) is 0 Å². The molecule has 4 nitrogen and oxygen atoms in total. The first-order valence-electron chi connectivity index (χ1n) is 6.94. The first kappa shape index (κ1) is 14.9. The number of hydrogen-bond donors (Lipinski definition) is 2. The molecule has 5 heteroatoms. The van der Waals surface area contributed by atoms with Gasteiger partial charge in [-0.1, -0.05) is 24.9 Å². The Morgan fingerprint density at radius 2 is 2.15 bits per heavy atom. The Morgan fingerprint density at radius 1 is 1.45 bits per heavy atom. The third kappa shape index (κ3) is 3.73. The van der Waals surface area contributed by atoms with Crippen LogP contribution in [0.3, 0.4) is 0 Å². The van der Waals surface area contributed by atoms with Crippen LogP contribution in [0.4, 0.5) is 5.69 Å². The highest BCUT2D eigenvalue weighted by atomic mass is 35.5. The number of carboxylic acid groups (broad SMARTS) is 1. The lowest BCUT2D eigenvalue weighted by molar-refractivity contribution is 0.0697. The van der Waals surface area contributed by atoms with Crippen molar-refractivity contribution in [3.63, 3.8) is 0 Å². The molecule has 0 radical (unpaired) electrons. The number of nitrogens with one attached hydrogen (secondary N) is 1. The average Bonchev–Trinajstić information content (AvgIpc) is 2.46. The summed E-state index contributed by atoms with van der Waals surface area (Å²) in [5, 5.41) is 13.6. The average molecular weight is 295 g/mol. The lowest BCUT2D eigenvalue weighted by Crippen LogP contribution is -2.14. The molecule has 20 heavy (non-hydrogen) atoms. The van der Waals surface area contributed by atoms with Crippen LogP contribution >= 0.6 is 11.6 Å². The zero-order valence-corrected chi connectivity index (χ0v) is 12.3. The lowest BCUT2D eigenvalue weighted by atomic mass is 9.86. The van der Waals surface area contributed by atoms with Crippen molar-refractivity contribution in [3.05, 3.63) is 28.8 Å². The van der Waals surface area contributed by atoms with E-state index in [0.29, 0.717) is 5.69 Å². The molecule has 0 amide bonds. The van der Waals surface area contributed by atoms with E-state index >= 15 is 0 Å². The molecule has 1 saturated carbocycles. The van der Waals surface area contributed by atoms with Gasteiger partial charge in [-0.2, -0.15) is 5.10 Å². The molecule has 0 unspecified atom stereocenters. The van der Waals surface area contributed by atoms with Gasteiger partial charge in [0.15, 0.2) is 0 Å². The summed E-state index contributed by atoms with van der Waals surface area (Å²) in [5.74, 6) is -0.210. The smallest absolute Gasteiger partial charge is 0.337 e. The van der Waals surface area contributed by atoms with Gasteiger partial charge < -0.3 is 5.11 Å². The number of hydrazone groups is 1. The number of benzene rings is 1. The van der Waals surface area contributed by atoms with Crippen LogP contribution in [-0.4, -0.2) is 16.8 Å². The standard InChI is InChI=1S/C15H19ClN2O2/c1-2-10-3-5-11(6-4-10)17-18-12-7-8-14(16)13(9-12)15(19)20/h7-10,18H,2-6H2,1H3,(H,19,20). The molecule has 0 spiro atoms. The van der Waals surface area contributed by atoms with E-state index in [2.05, 4.69) is 17.5 Å². The molecule has 0 atom stereocenters. The summed E-state index contributed by atoms with van der Waals surface area (Å²) >= 11 is 5.83. The molecule has 0 aromatic heterocycles. The SMILES string of the molecule is CCC1CCC(=NNc2ccc(Cl)c(C(=O)O)c2)CC1. The van der Waals surface area contributed by atoms with Crippen molar-refractivity contribution >= 4 is 29.0 Å². The van der Waals surface area contributed by atoms with Gasteiger partial charge in [0.05, 0.1) is 16.3 Å². The van der Waals surface area contributed by atoms with Crippen LogP contribution in [0.1, 0.15) is 49.4 Å². The minimum absolute atomic E-state index is 0.0894. The van der Waals surface area contributed by atoms with Crippen molar-refractivity contribution in [3.8, 4) is 0 Å². The van der Waals surface area contributed by atoms with Crippen molar-refractivity contribution < 1.29 is 9.90 Å². The largest absolute Gasteiger partial charge is 0.478 e. The molecule has 2 rings (SSSR count). The number of halogens is 1. The molecule has 0 aliphatic heterocycles. The van der Waals surface area contributed by atoms with Gasteiger partial charge in [-0.25, -0.2) is 4.79 Å². The second kappa shape index (κ2) is 6.75. The van der Waals surface area contributed by atoms with Crippen molar-refractivity contribution in [2.45, 2.75) is 39.0 Å². The van der Waals surface area contributed by atoms with Crippen LogP contribution in [-0.2, 0) is 0 Å². The summed E-state index contributed by atoms with van der Waals surface area (Å²) in [7, 11) is 0. The van der Waals surface area contributed by atoms with Crippen LogP contribution in [0.5, 0.6) is 0 Å². The highest BCUT2D eigenvalue weighted by molar-refractivity contribution is 6.33. The molecule has 1 aromatic carbocycles. The van der Waals surface area contributed by atoms with Gasteiger partial charge in [0.1, 0.15) is 0 Å². The van der Waals surface area contributed by atoms with E-state index in [-0.39, 0.29) is 10.6 Å². The van der Waals surface area contributed by atoms with Gasteiger partial charge in [-0.15, -0.1) is 0 Å². The molecule has 1 aromatic rings. The molecular formula is C15H19ClN2O2. The van der Waals surface area contributed by atoms with E-state index in [9.17, 15) is 4.79 Å². The second-order valence-electron chi connectivity index (χ2n) is 5.14. The van der Waals surface area contributed by atoms with Gasteiger partial charge in [0.25, 0.3) is 0 Å². The van der Waals surface area contributed by atoms with Crippen molar-refractivity contribution in [1.29, 1.82) is 0 Å². The Morgan fingerprint density at radius 3 is 2.75 bits per heavy atom. The number of aromatic carboxylic acids is 1. The van der Waals surface area contributed by atoms with Gasteiger partial charge >= 0.3 is 5.97 Å². The van der Waals surface area contributed by atoms with E-state index in [4.69, 9.17) is 16.7 Å². The zero-order chi connectivity index (χ0) is 14.5. The second-order valence-corrected chi connectivity index (χ2v) is 5.55. The highest BCUT2D eigenvalue weighted by Gasteiger charge is 2.16. The predicted molar refractivity (Wildman–Crippen MR) is 81.7 cm³/mol. The van der Waals surface area contributed by atoms with Gasteiger partial charge in [0.2, 0.25) is 0 Å². The molecule has 108 valence electrons. The van der Waals surface area contributed by atoms with Crippen LogP contribution in [0.2, 0.25) is 5.02 Å². The summed E-state index contributed by atoms with van der Waals surface area (Å²) < 4.78 is 0. The topological polar surface area (TPSA) is 61.7 Å². The molecule has 0 bridgehead atoms. The fraction of sp³-hybridized carbons (Fsp3) is 0.467. The number of carboxylic acids is 1. The van der Waals surface area contributed by atoms with Gasteiger partial charge in [-0.05, 0) is 49.8 Å². The zero-order valence-electron chi connectivity index (χ0n) is 11.5. The Labute approximate surface area is 123 Å². The minimum atomic E-state index is -1.03. The van der Waals surface area contributed by atoms with Crippen LogP contribution < -0.4 is 5.43 Å². The Balaban J connectivity index is 2.01. The number of anilines is 1. The Hall–Kier alpha value is -1.55.